The summed E-state index contributed by atoms with van der Waals surface area (Å²) < 4.78 is 0. The summed E-state index contributed by atoms with van der Waals surface area (Å²) in [6.45, 7) is 7.93. The van der Waals surface area contributed by atoms with Gasteiger partial charge in [-0.1, -0.05) is 19.9 Å². The molecule has 0 aliphatic rings. The summed E-state index contributed by atoms with van der Waals surface area (Å²) in [6.07, 6.45) is 0. The Bertz CT molecular complexity index is 365. The fourth-order valence-electron chi connectivity index (χ4n) is 1.44. The van der Waals surface area contributed by atoms with Crippen LogP contribution in [0.5, 0.6) is 0 Å². The molecule has 0 fully saturated rings. The van der Waals surface area contributed by atoms with Gasteiger partial charge in [0.2, 0.25) is 0 Å². The van der Waals surface area contributed by atoms with E-state index in [9.17, 15) is 4.79 Å². The quantitative estimate of drug-likeness (QED) is 0.781. The molecule has 0 spiro atoms. The van der Waals surface area contributed by atoms with E-state index in [0.29, 0.717) is 11.5 Å². The van der Waals surface area contributed by atoms with Crippen molar-refractivity contribution in [2.24, 2.45) is 0 Å². The molecule has 76 valence electrons. The Balaban J connectivity index is 3.35. The van der Waals surface area contributed by atoms with Gasteiger partial charge in [0.05, 0.1) is 5.56 Å². The van der Waals surface area contributed by atoms with Crippen LogP contribution in [0.15, 0.2) is 12.1 Å². The van der Waals surface area contributed by atoms with E-state index in [1.807, 2.05) is 13.8 Å². The first-order valence-corrected chi connectivity index (χ1v) is 4.78. The van der Waals surface area contributed by atoms with E-state index in [1.165, 1.54) is 0 Å². The highest BCUT2D eigenvalue weighted by atomic mass is 16.4. The highest BCUT2D eigenvalue weighted by Crippen LogP contribution is 2.21. The second-order valence-corrected chi connectivity index (χ2v) is 3.97. The molecule has 0 amide bonds. The number of hydrogen-bond donors (Lipinski definition) is 1. The molecular weight excluding hydrogens is 176 g/mol. The predicted molar refractivity (Wildman–Crippen MR) is 57.0 cm³/mol. The van der Waals surface area contributed by atoms with Crippen LogP contribution in [0, 0.1) is 13.8 Å². The first-order valence-electron chi connectivity index (χ1n) is 4.78. The van der Waals surface area contributed by atoms with Crippen molar-refractivity contribution in [3.8, 4) is 0 Å². The number of aromatic carboxylic acids is 1. The van der Waals surface area contributed by atoms with Crippen LogP contribution >= 0.6 is 0 Å². The number of carboxylic acids is 1. The molecule has 1 aromatic carbocycles. The van der Waals surface area contributed by atoms with Gasteiger partial charge in [-0.15, -0.1) is 0 Å². The van der Waals surface area contributed by atoms with E-state index < -0.39 is 5.97 Å². The van der Waals surface area contributed by atoms with Crippen LogP contribution in [-0.2, 0) is 0 Å². The number of aryl methyl sites for hydroxylation is 1. The summed E-state index contributed by atoms with van der Waals surface area (Å²) in [7, 11) is 0. The number of hydrogen-bond acceptors (Lipinski definition) is 1. The van der Waals surface area contributed by atoms with Gasteiger partial charge in [0.25, 0.3) is 0 Å². The molecule has 1 aromatic rings. The van der Waals surface area contributed by atoms with Gasteiger partial charge in [-0.05, 0) is 42.5 Å². The molecule has 2 nitrogen and oxygen atoms in total. The highest BCUT2D eigenvalue weighted by molar-refractivity contribution is 5.90. The third kappa shape index (κ3) is 1.95. The lowest BCUT2D eigenvalue weighted by atomic mass is 9.94. The van der Waals surface area contributed by atoms with Crippen molar-refractivity contribution in [2.45, 2.75) is 33.6 Å². The van der Waals surface area contributed by atoms with Gasteiger partial charge in [0, 0.05) is 0 Å². The fourth-order valence-corrected chi connectivity index (χ4v) is 1.44. The monoisotopic (exact) mass is 192 g/mol. The van der Waals surface area contributed by atoms with Crippen molar-refractivity contribution >= 4 is 5.97 Å². The van der Waals surface area contributed by atoms with Gasteiger partial charge in [0.15, 0.2) is 0 Å². The first-order chi connectivity index (χ1) is 6.43. The molecule has 0 unspecified atom stereocenters. The Kier molecular flexibility index (Phi) is 2.94. The summed E-state index contributed by atoms with van der Waals surface area (Å²) in [5.41, 5.74) is 3.43. The van der Waals surface area contributed by atoms with Crippen molar-refractivity contribution in [1.82, 2.24) is 0 Å². The van der Waals surface area contributed by atoms with Crippen molar-refractivity contribution in [1.29, 1.82) is 0 Å². The van der Waals surface area contributed by atoms with Crippen LogP contribution in [0.2, 0.25) is 0 Å². The van der Waals surface area contributed by atoms with Crippen LogP contribution in [0.1, 0.15) is 46.8 Å². The predicted octanol–water partition coefficient (Wildman–Crippen LogP) is 3.13. The third-order valence-electron chi connectivity index (χ3n) is 2.59. The maximum Gasteiger partial charge on any atom is 0.335 e. The Morgan fingerprint density at radius 2 is 1.86 bits per heavy atom. The average molecular weight is 192 g/mol. The van der Waals surface area contributed by atoms with Gasteiger partial charge in [0.1, 0.15) is 0 Å². The standard InChI is InChI=1S/C12H16O2/c1-7(2)10-5-8(3)9(4)11(6-10)12(13)14/h5-7H,1-4H3,(H,13,14). The molecule has 0 atom stereocenters. The molecular formula is C12H16O2. The summed E-state index contributed by atoms with van der Waals surface area (Å²) in [5.74, 6) is -0.472. The normalized spacial score (nSPS) is 10.6. The molecule has 0 aliphatic heterocycles. The lowest BCUT2D eigenvalue weighted by molar-refractivity contribution is 0.0696. The number of benzene rings is 1. The third-order valence-corrected chi connectivity index (χ3v) is 2.59. The fraction of sp³-hybridized carbons (Fsp3) is 0.417. The van der Waals surface area contributed by atoms with E-state index in [2.05, 4.69) is 19.9 Å². The zero-order chi connectivity index (χ0) is 10.9. The van der Waals surface area contributed by atoms with Gasteiger partial charge in [-0.2, -0.15) is 0 Å². The zero-order valence-electron chi connectivity index (χ0n) is 9.09. The van der Waals surface area contributed by atoms with Gasteiger partial charge in [-0.25, -0.2) is 4.79 Å². The molecule has 14 heavy (non-hydrogen) atoms. The van der Waals surface area contributed by atoms with E-state index in [0.717, 1.165) is 16.7 Å². The van der Waals surface area contributed by atoms with Crippen molar-refractivity contribution < 1.29 is 9.90 Å². The number of rotatable bonds is 2. The van der Waals surface area contributed by atoms with Crippen LogP contribution in [0.3, 0.4) is 0 Å². The molecule has 0 radical (unpaired) electrons. The lowest BCUT2D eigenvalue weighted by Crippen LogP contribution is -2.03. The largest absolute Gasteiger partial charge is 0.478 e. The Morgan fingerprint density at radius 1 is 1.29 bits per heavy atom. The molecule has 0 aliphatic carbocycles. The van der Waals surface area contributed by atoms with Crippen molar-refractivity contribution in [3.63, 3.8) is 0 Å². The Hall–Kier alpha value is -1.31. The highest BCUT2D eigenvalue weighted by Gasteiger charge is 2.11. The second-order valence-electron chi connectivity index (χ2n) is 3.97. The van der Waals surface area contributed by atoms with Crippen molar-refractivity contribution in [2.75, 3.05) is 0 Å². The summed E-state index contributed by atoms with van der Waals surface area (Å²) in [4.78, 5) is 10.9. The van der Waals surface area contributed by atoms with Crippen LogP contribution < -0.4 is 0 Å². The summed E-state index contributed by atoms with van der Waals surface area (Å²) >= 11 is 0. The second kappa shape index (κ2) is 3.82. The van der Waals surface area contributed by atoms with E-state index in [1.54, 1.807) is 6.07 Å². The maximum atomic E-state index is 10.9. The van der Waals surface area contributed by atoms with Gasteiger partial charge < -0.3 is 5.11 Å². The van der Waals surface area contributed by atoms with E-state index in [-0.39, 0.29) is 0 Å². The lowest BCUT2D eigenvalue weighted by Gasteiger charge is -2.11. The summed E-state index contributed by atoms with van der Waals surface area (Å²) in [6, 6.07) is 3.84. The van der Waals surface area contributed by atoms with E-state index >= 15 is 0 Å². The first kappa shape index (κ1) is 10.8. The van der Waals surface area contributed by atoms with Crippen LogP contribution in [0.25, 0.3) is 0 Å². The molecule has 0 saturated carbocycles. The SMILES string of the molecule is Cc1cc(C(C)C)cc(C(=O)O)c1C. The molecule has 1 N–H and O–H groups in total. The smallest absolute Gasteiger partial charge is 0.335 e. The minimum absolute atomic E-state index is 0.368. The van der Waals surface area contributed by atoms with Crippen LogP contribution in [0.4, 0.5) is 0 Å². The molecule has 1 rings (SSSR count). The van der Waals surface area contributed by atoms with Crippen molar-refractivity contribution in [3.05, 3.63) is 34.4 Å². The average Bonchev–Trinajstić information content (AvgIpc) is 2.08. The maximum absolute atomic E-state index is 10.9. The molecule has 0 saturated heterocycles. The molecule has 0 heterocycles. The van der Waals surface area contributed by atoms with E-state index in [4.69, 9.17) is 5.11 Å². The molecule has 0 bridgehead atoms. The topological polar surface area (TPSA) is 37.3 Å². The molecule has 0 aromatic heterocycles. The summed E-state index contributed by atoms with van der Waals surface area (Å²) in [5, 5.41) is 9.00. The Labute approximate surface area is 84.6 Å². The minimum atomic E-state index is -0.840. The minimum Gasteiger partial charge on any atom is -0.478 e. The van der Waals surface area contributed by atoms with Gasteiger partial charge in [-0.3, -0.25) is 0 Å². The number of carboxylic acid groups (broad SMARTS) is 1. The molecule has 2 heteroatoms. The van der Waals surface area contributed by atoms with Crippen LogP contribution in [-0.4, -0.2) is 11.1 Å². The van der Waals surface area contributed by atoms with Gasteiger partial charge >= 0.3 is 5.97 Å². The number of carbonyl (C=O) groups is 1. The Morgan fingerprint density at radius 3 is 2.29 bits per heavy atom. The zero-order valence-corrected chi connectivity index (χ0v) is 9.09.